The SMILES string of the molecule is C/C(=N\NC(=O)C(=O)Nc1ccc(C)cc1)c1cc(Cl)ccc1O. The Bertz CT molecular complexity index is 801. The minimum atomic E-state index is -0.920. The standard InChI is InChI=1S/C17H16ClN3O3/c1-10-3-6-13(7-4-10)19-16(23)17(24)21-20-11(2)14-9-12(18)5-8-15(14)22/h3-9,22H,1-2H3,(H,19,23)(H,21,24)/b20-11+. The van der Waals surface area contributed by atoms with Crippen LogP contribution in [0.3, 0.4) is 0 Å². The molecule has 2 aromatic carbocycles. The first-order valence-corrected chi connectivity index (χ1v) is 7.46. The molecule has 0 radical (unpaired) electrons. The number of rotatable bonds is 3. The molecule has 0 aliphatic carbocycles. The lowest BCUT2D eigenvalue weighted by atomic mass is 10.1. The molecule has 0 aliphatic heterocycles. The molecule has 2 amide bonds. The Morgan fingerprint density at radius 2 is 1.75 bits per heavy atom. The molecule has 0 spiro atoms. The number of phenols is 1. The van der Waals surface area contributed by atoms with Gasteiger partial charge in [0.1, 0.15) is 5.75 Å². The molecule has 24 heavy (non-hydrogen) atoms. The van der Waals surface area contributed by atoms with Gasteiger partial charge in [0, 0.05) is 16.3 Å². The van der Waals surface area contributed by atoms with E-state index in [1.54, 1.807) is 19.1 Å². The molecule has 124 valence electrons. The van der Waals surface area contributed by atoms with Gasteiger partial charge in [-0.05, 0) is 44.2 Å². The first kappa shape index (κ1) is 17.5. The predicted octanol–water partition coefficient (Wildman–Crippen LogP) is 2.83. The summed E-state index contributed by atoms with van der Waals surface area (Å²) in [6.07, 6.45) is 0. The minimum absolute atomic E-state index is 0.0287. The van der Waals surface area contributed by atoms with Crippen molar-refractivity contribution in [2.75, 3.05) is 5.32 Å². The average molecular weight is 346 g/mol. The van der Waals surface area contributed by atoms with E-state index in [1.807, 2.05) is 19.1 Å². The van der Waals surface area contributed by atoms with Crippen molar-refractivity contribution in [2.24, 2.45) is 5.10 Å². The van der Waals surface area contributed by atoms with Crippen LogP contribution in [0.25, 0.3) is 0 Å². The van der Waals surface area contributed by atoms with Gasteiger partial charge >= 0.3 is 11.8 Å². The normalized spacial score (nSPS) is 11.0. The van der Waals surface area contributed by atoms with Crippen molar-refractivity contribution in [3.05, 3.63) is 58.6 Å². The maximum Gasteiger partial charge on any atom is 0.329 e. The summed E-state index contributed by atoms with van der Waals surface area (Å²) in [5.41, 5.74) is 4.37. The van der Waals surface area contributed by atoms with Crippen LogP contribution in [0.1, 0.15) is 18.1 Å². The Hall–Kier alpha value is -2.86. The van der Waals surface area contributed by atoms with Crippen LogP contribution >= 0.6 is 11.6 Å². The van der Waals surface area contributed by atoms with E-state index in [0.29, 0.717) is 22.0 Å². The number of benzene rings is 2. The summed E-state index contributed by atoms with van der Waals surface area (Å²) in [6.45, 7) is 3.49. The molecule has 0 saturated carbocycles. The molecule has 6 nitrogen and oxygen atoms in total. The molecule has 2 aromatic rings. The minimum Gasteiger partial charge on any atom is -0.507 e. The summed E-state index contributed by atoms with van der Waals surface area (Å²) in [5, 5.41) is 16.5. The summed E-state index contributed by atoms with van der Waals surface area (Å²) < 4.78 is 0. The maximum atomic E-state index is 11.8. The summed E-state index contributed by atoms with van der Waals surface area (Å²) in [5.74, 6) is -1.79. The number of aromatic hydroxyl groups is 1. The van der Waals surface area contributed by atoms with E-state index in [9.17, 15) is 14.7 Å². The van der Waals surface area contributed by atoms with Gasteiger partial charge in [-0.25, -0.2) is 5.43 Å². The summed E-state index contributed by atoms with van der Waals surface area (Å²) >= 11 is 5.86. The maximum absolute atomic E-state index is 11.8. The van der Waals surface area contributed by atoms with Crippen molar-refractivity contribution >= 4 is 34.8 Å². The smallest absolute Gasteiger partial charge is 0.329 e. The van der Waals surface area contributed by atoms with Crippen LogP contribution in [-0.2, 0) is 9.59 Å². The second-order valence-electron chi connectivity index (χ2n) is 5.12. The van der Waals surface area contributed by atoms with E-state index in [2.05, 4.69) is 15.8 Å². The highest BCUT2D eigenvalue weighted by molar-refractivity contribution is 6.39. The van der Waals surface area contributed by atoms with E-state index in [0.717, 1.165) is 5.56 Å². The van der Waals surface area contributed by atoms with Crippen LogP contribution in [0.5, 0.6) is 5.75 Å². The largest absolute Gasteiger partial charge is 0.507 e. The Kier molecular flexibility index (Phi) is 5.55. The number of halogens is 1. The van der Waals surface area contributed by atoms with Crippen molar-refractivity contribution < 1.29 is 14.7 Å². The quantitative estimate of drug-likeness (QED) is 0.454. The number of nitrogens with one attached hydrogen (secondary N) is 2. The van der Waals surface area contributed by atoms with Crippen LogP contribution in [0.4, 0.5) is 5.69 Å². The molecule has 7 heteroatoms. The number of carbonyl (C=O) groups is 2. The molecule has 2 rings (SSSR count). The van der Waals surface area contributed by atoms with Crippen LogP contribution in [-0.4, -0.2) is 22.6 Å². The van der Waals surface area contributed by atoms with Gasteiger partial charge < -0.3 is 10.4 Å². The number of anilines is 1. The lowest BCUT2D eigenvalue weighted by molar-refractivity contribution is -0.136. The zero-order valence-corrected chi connectivity index (χ0v) is 13.9. The van der Waals surface area contributed by atoms with Crippen molar-refractivity contribution in [3.8, 4) is 5.75 Å². The fourth-order valence-corrected chi connectivity index (χ4v) is 2.04. The summed E-state index contributed by atoms with van der Waals surface area (Å²) in [4.78, 5) is 23.6. The highest BCUT2D eigenvalue weighted by atomic mass is 35.5. The molecule has 0 aliphatic rings. The third kappa shape index (κ3) is 4.57. The van der Waals surface area contributed by atoms with Gasteiger partial charge in [0.15, 0.2) is 0 Å². The monoisotopic (exact) mass is 345 g/mol. The lowest BCUT2D eigenvalue weighted by Gasteiger charge is -2.06. The van der Waals surface area contributed by atoms with Gasteiger partial charge in [0.25, 0.3) is 0 Å². The summed E-state index contributed by atoms with van der Waals surface area (Å²) in [6, 6.07) is 11.5. The summed E-state index contributed by atoms with van der Waals surface area (Å²) in [7, 11) is 0. The Labute approximate surface area is 144 Å². The zero-order chi connectivity index (χ0) is 17.7. The fourth-order valence-electron chi connectivity index (χ4n) is 1.87. The van der Waals surface area contributed by atoms with Crippen molar-refractivity contribution in [3.63, 3.8) is 0 Å². The van der Waals surface area contributed by atoms with Crippen molar-refractivity contribution in [1.29, 1.82) is 0 Å². The molecule has 0 atom stereocenters. The third-order valence-electron chi connectivity index (χ3n) is 3.19. The van der Waals surface area contributed by atoms with E-state index in [-0.39, 0.29) is 5.75 Å². The molecule has 0 aromatic heterocycles. The number of hydrogen-bond acceptors (Lipinski definition) is 4. The molecule has 0 saturated heterocycles. The van der Waals surface area contributed by atoms with Gasteiger partial charge in [-0.2, -0.15) is 5.10 Å². The Morgan fingerprint density at radius 3 is 2.42 bits per heavy atom. The molecule has 0 fully saturated rings. The second-order valence-corrected chi connectivity index (χ2v) is 5.56. The number of nitrogens with zero attached hydrogens (tertiary/aromatic N) is 1. The molecular formula is C17H16ClN3O3. The average Bonchev–Trinajstić information content (AvgIpc) is 2.56. The highest BCUT2D eigenvalue weighted by Crippen LogP contribution is 2.21. The van der Waals surface area contributed by atoms with Gasteiger partial charge in [0.05, 0.1) is 5.71 Å². The number of aryl methyl sites for hydroxylation is 1. The molecule has 0 heterocycles. The van der Waals surface area contributed by atoms with Gasteiger partial charge in [-0.15, -0.1) is 0 Å². The number of phenolic OH excluding ortho intramolecular Hbond substituents is 1. The highest BCUT2D eigenvalue weighted by Gasteiger charge is 2.14. The van der Waals surface area contributed by atoms with Crippen LogP contribution < -0.4 is 10.7 Å². The van der Waals surface area contributed by atoms with Gasteiger partial charge in [-0.3, -0.25) is 9.59 Å². The van der Waals surface area contributed by atoms with Crippen molar-refractivity contribution in [1.82, 2.24) is 5.43 Å². The third-order valence-corrected chi connectivity index (χ3v) is 3.42. The first-order chi connectivity index (χ1) is 11.4. The lowest BCUT2D eigenvalue weighted by Crippen LogP contribution is -2.32. The van der Waals surface area contributed by atoms with Crippen LogP contribution in [0.2, 0.25) is 5.02 Å². The number of hydrogen-bond donors (Lipinski definition) is 3. The fraction of sp³-hybridized carbons (Fsp3) is 0.118. The Balaban J connectivity index is 2.01. The van der Waals surface area contributed by atoms with E-state index in [1.165, 1.54) is 18.2 Å². The molecular weight excluding hydrogens is 330 g/mol. The van der Waals surface area contributed by atoms with Crippen molar-refractivity contribution in [2.45, 2.75) is 13.8 Å². The van der Waals surface area contributed by atoms with Crippen LogP contribution in [0.15, 0.2) is 47.6 Å². The van der Waals surface area contributed by atoms with Gasteiger partial charge in [-0.1, -0.05) is 29.3 Å². The number of hydrazone groups is 1. The van der Waals surface area contributed by atoms with Crippen LogP contribution in [0, 0.1) is 6.92 Å². The Morgan fingerprint density at radius 1 is 1.08 bits per heavy atom. The predicted molar refractivity (Wildman–Crippen MR) is 93.3 cm³/mol. The molecule has 0 unspecified atom stereocenters. The molecule has 3 N–H and O–H groups in total. The first-order valence-electron chi connectivity index (χ1n) is 7.08. The van der Waals surface area contributed by atoms with E-state index >= 15 is 0 Å². The second kappa shape index (κ2) is 7.61. The number of amides is 2. The topological polar surface area (TPSA) is 90.8 Å². The zero-order valence-electron chi connectivity index (χ0n) is 13.1. The molecule has 0 bridgehead atoms. The van der Waals surface area contributed by atoms with E-state index in [4.69, 9.17) is 11.6 Å². The number of carbonyl (C=O) groups excluding carboxylic acids is 2. The van der Waals surface area contributed by atoms with Gasteiger partial charge in [0.2, 0.25) is 0 Å². The van der Waals surface area contributed by atoms with E-state index < -0.39 is 11.8 Å².